The molecule has 0 saturated carbocycles. The van der Waals surface area contributed by atoms with Crippen LogP contribution in [0.3, 0.4) is 0 Å². The van der Waals surface area contributed by atoms with Gasteiger partial charge in [-0.1, -0.05) is 163 Å². The van der Waals surface area contributed by atoms with Crippen LogP contribution in [0.15, 0.2) is 170 Å². The Labute approximate surface area is 375 Å². The third kappa shape index (κ3) is 4.55. The fourth-order valence-corrected chi connectivity index (χ4v) is 12.1. The summed E-state index contributed by atoms with van der Waals surface area (Å²) in [4.78, 5) is 5.06. The van der Waals surface area contributed by atoms with E-state index in [1.54, 1.807) is 0 Å². The number of fused-ring (bicyclic) bond motifs is 13. The summed E-state index contributed by atoms with van der Waals surface area (Å²) in [6, 6.07) is 64.6. The largest absolute Gasteiger partial charge is 0.374 e. The van der Waals surface area contributed by atoms with Gasteiger partial charge in [-0.2, -0.15) is 0 Å². The summed E-state index contributed by atoms with van der Waals surface area (Å²) < 4.78 is 5.55. The minimum Gasteiger partial charge on any atom is -0.374 e. The highest BCUT2D eigenvalue weighted by molar-refractivity contribution is 6.92. The highest BCUT2D eigenvalue weighted by atomic mass is 15.2. The first kappa shape index (κ1) is 36.3. The van der Waals surface area contributed by atoms with Gasteiger partial charge in [0.15, 0.2) is 0 Å². The van der Waals surface area contributed by atoms with Gasteiger partial charge in [-0.15, -0.1) is 0 Å². The monoisotopic (exact) mass is 820 g/mol. The van der Waals surface area contributed by atoms with Crippen LogP contribution in [0.1, 0.15) is 52.7 Å². The molecule has 8 aromatic carbocycles. The lowest BCUT2D eigenvalue weighted by atomic mass is 9.44. The van der Waals surface area contributed by atoms with Crippen molar-refractivity contribution in [2.75, 3.05) is 9.80 Å². The second kappa shape index (κ2) is 12.3. The van der Waals surface area contributed by atoms with Gasteiger partial charge in [-0.25, -0.2) is 0 Å². The van der Waals surface area contributed by atoms with Crippen LogP contribution < -0.4 is 31.7 Å². The summed E-state index contributed by atoms with van der Waals surface area (Å²) in [6.45, 7) is 14.0. The molecule has 0 unspecified atom stereocenters. The lowest BCUT2D eigenvalue weighted by Crippen LogP contribution is -2.57. The van der Waals surface area contributed by atoms with Gasteiger partial charge in [0.2, 0.25) is 0 Å². The summed E-state index contributed by atoms with van der Waals surface area (Å²) in [5.74, 6) is 0. The fraction of sp³-hybridized carbons (Fsp3) is 0.138. The number of aromatic nitrogens is 2. The summed E-state index contributed by atoms with van der Waals surface area (Å²) >= 11 is 0. The minimum absolute atomic E-state index is 0.0359. The van der Waals surface area contributed by atoms with E-state index in [1.807, 2.05) is 0 Å². The molecule has 0 atom stereocenters. The molecule has 4 aliphatic rings. The zero-order valence-corrected chi connectivity index (χ0v) is 37.1. The van der Waals surface area contributed by atoms with Gasteiger partial charge in [0, 0.05) is 67.1 Å². The maximum absolute atomic E-state index is 2.77. The molecule has 10 aromatic rings. The Morgan fingerprint density at radius 2 is 0.734 bits per heavy atom. The molecule has 0 spiro atoms. The number of hydrogen-bond acceptors (Lipinski definition) is 2. The molecular weight excluding hydrogens is 774 g/mol. The number of nitrogens with zero attached hydrogens (tertiary/aromatic N) is 4. The SMILES string of the molecule is CC(C)(C)c1cc2c3c(c1)N(c1ccccc1)c1ccccc1B3n1c3c-2cccc3c2c1c1cccc3c1n2B1c2ccccc2N(c2ccccc2)c2cc(C(C)(C)C)cc-3c21. The van der Waals surface area contributed by atoms with Crippen LogP contribution >= 0.6 is 0 Å². The van der Waals surface area contributed by atoms with E-state index in [0.717, 1.165) is 0 Å². The van der Waals surface area contributed by atoms with Crippen molar-refractivity contribution in [1.29, 1.82) is 0 Å². The van der Waals surface area contributed by atoms with E-state index in [1.165, 1.54) is 122 Å². The number of rotatable bonds is 2. The molecule has 0 amide bonds. The number of hydrogen-bond donors (Lipinski definition) is 0. The summed E-state index contributed by atoms with van der Waals surface area (Å²) in [7, 11) is 0. The van der Waals surface area contributed by atoms with E-state index in [2.05, 4.69) is 230 Å². The van der Waals surface area contributed by atoms with Gasteiger partial charge in [-0.3, -0.25) is 0 Å². The van der Waals surface area contributed by atoms with Gasteiger partial charge in [0.1, 0.15) is 0 Å². The topological polar surface area (TPSA) is 16.3 Å². The number of benzene rings is 8. The maximum atomic E-state index is 2.77. The Kier molecular flexibility index (Phi) is 6.98. The molecule has 4 nitrogen and oxygen atoms in total. The van der Waals surface area contributed by atoms with E-state index in [0.29, 0.717) is 0 Å². The normalized spacial score (nSPS) is 14.3. The maximum Gasteiger partial charge on any atom is 0.333 e. The van der Waals surface area contributed by atoms with E-state index in [9.17, 15) is 0 Å². The highest BCUT2D eigenvalue weighted by Gasteiger charge is 2.48. The molecule has 64 heavy (non-hydrogen) atoms. The molecule has 0 N–H and O–H groups in total. The zero-order valence-electron chi connectivity index (χ0n) is 37.1. The molecule has 4 aliphatic heterocycles. The van der Waals surface area contributed by atoms with E-state index < -0.39 is 0 Å². The molecule has 6 heteroatoms. The number of para-hydroxylation sites is 6. The predicted molar refractivity (Wildman–Crippen MR) is 273 cm³/mol. The van der Waals surface area contributed by atoms with Crippen LogP contribution in [0.25, 0.3) is 55.1 Å². The molecule has 0 bridgehead atoms. The van der Waals surface area contributed by atoms with Crippen molar-refractivity contribution < 1.29 is 0 Å². The Morgan fingerprint density at radius 1 is 0.344 bits per heavy atom. The molecule has 0 aliphatic carbocycles. The lowest BCUT2D eigenvalue weighted by molar-refractivity contribution is 0.590. The van der Waals surface area contributed by atoms with Gasteiger partial charge in [-0.05, 0) is 103 Å². The summed E-state index contributed by atoms with van der Waals surface area (Å²) in [5.41, 5.74) is 25.9. The van der Waals surface area contributed by atoms with Crippen molar-refractivity contribution in [2.45, 2.75) is 52.4 Å². The quantitative estimate of drug-likeness (QED) is 0.162. The zero-order chi connectivity index (χ0) is 43.0. The minimum atomic E-state index is -0.0570. The van der Waals surface area contributed by atoms with Crippen LogP contribution in [-0.2, 0) is 10.8 Å². The molecule has 0 saturated heterocycles. The molecule has 2 aromatic heterocycles. The standard InChI is InChI=1S/C58H46B2N4/c1-57(2,3)35-31-43-39-23-17-25-41-53(39)63(59-45-27-13-15-29-47(45)61(49(33-35)51(43)59)37-19-9-7-10-20-37)56-42-26-18-24-40-44-32-36(58(4,5)6)34-50-52(44)60(64(54(40)42)55(41)56)46-28-14-16-30-48(46)62(50)38-21-11-8-12-22-38/h7-34H,1-6H3. The third-order valence-electron chi connectivity index (χ3n) is 14.9. The molecule has 304 valence electrons. The van der Waals surface area contributed by atoms with Crippen LogP contribution in [0, 0.1) is 0 Å². The smallest absolute Gasteiger partial charge is 0.333 e. The Morgan fingerprint density at radius 3 is 1.14 bits per heavy atom. The Balaban J connectivity index is 1.16. The number of anilines is 6. The molecule has 14 rings (SSSR count). The fourth-order valence-electron chi connectivity index (χ4n) is 12.1. The van der Waals surface area contributed by atoms with Crippen LogP contribution in [0.2, 0.25) is 0 Å². The predicted octanol–water partition coefficient (Wildman–Crippen LogP) is 12.2. The molecule has 0 fully saturated rings. The van der Waals surface area contributed by atoms with Crippen molar-refractivity contribution in [3.63, 3.8) is 0 Å². The summed E-state index contributed by atoms with van der Waals surface area (Å²) in [5, 5.41) is 2.62. The molecule has 0 radical (unpaired) electrons. The Hall–Kier alpha value is -7.17. The molecular formula is C58H46B2N4. The second-order valence-corrected chi connectivity index (χ2v) is 20.5. The van der Waals surface area contributed by atoms with Gasteiger partial charge < -0.3 is 18.8 Å². The average molecular weight is 821 g/mol. The third-order valence-corrected chi connectivity index (χ3v) is 14.9. The van der Waals surface area contributed by atoms with Crippen molar-refractivity contribution >= 4 is 103 Å². The molecule has 6 heterocycles. The van der Waals surface area contributed by atoms with Crippen molar-refractivity contribution in [2.24, 2.45) is 0 Å². The first-order valence-electron chi connectivity index (χ1n) is 22.9. The first-order valence-corrected chi connectivity index (χ1v) is 22.9. The van der Waals surface area contributed by atoms with Crippen molar-refractivity contribution in [1.82, 2.24) is 8.96 Å². The van der Waals surface area contributed by atoms with Gasteiger partial charge >= 0.3 is 13.7 Å². The van der Waals surface area contributed by atoms with Gasteiger partial charge in [0.05, 0.1) is 11.0 Å². The van der Waals surface area contributed by atoms with Crippen LogP contribution in [0.5, 0.6) is 0 Å². The first-order chi connectivity index (χ1) is 31.1. The summed E-state index contributed by atoms with van der Waals surface area (Å²) in [6.07, 6.45) is 0. The highest BCUT2D eigenvalue weighted by Crippen LogP contribution is 2.52. The van der Waals surface area contributed by atoms with E-state index in [-0.39, 0.29) is 24.5 Å². The van der Waals surface area contributed by atoms with Gasteiger partial charge in [0.25, 0.3) is 0 Å². The average Bonchev–Trinajstić information content (AvgIpc) is 3.83. The van der Waals surface area contributed by atoms with Crippen molar-refractivity contribution in [3.05, 3.63) is 181 Å². The van der Waals surface area contributed by atoms with Crippen molar-refractivity contribution in [3.8, 4) is 22.3 Å². The Bertz CT molecular complexity index is 3420. The van der Waals surface area contributed by atoms with E-state index in [4.69, 9.17) is 0 Å². The van der Waals surface area contributed by atoms with E-state index >= 15 is 0 Å². The second-order valence-electron chi connectivity index (χ2n) is 20.5. The van der Waals surface area contributed by atoms with Crippen LogP contribution in [-0.4, -0.2) is 22.7 Å². The lowest BCUT2D eigenvalue weighted by Gasteiger charge is -2.41. The van der Waals surface area contributed by atoms with Crippen LogP contribution in [0.4, 0.5) is 34.1 Å².